The molecule has 0 amide bonds. The van der Waals surface area contributed by atoms with Crippen LogP contribution in [-0.4, -0.2) is 11.1 Å². The van der Waals surface area contributed by atoms with Crippen LogP contribution in [0, 0.1) is 11.3 Å². The van der Waals surface area contributed by atoms with Crippen molar-refractivity contribution in [1.29, 1.82) is 5.26 Å². The normalized spacial score (nSPS) is 9.89. The highest BCUT2D eigenvalue weighted by Gasteiger charge is 2.01. The second kappa shape index (κ2) is 6.21. The van der Waals surface area contributed by atoms with Gasteiger partial charge < -0.3 is 9.88 Å². The first kappa shape index (κ1) is 13.4. The summed E-state index contributed by atoms with van der Waals surface area (Å²) in [6.07, 6.45) is 1.76. The Morgan fingerprint density at radius 2 is 2.16 bits per heavy atom. The average molecular weight is 318 g/mol. The van der Waals surface area contributed by atoms with Gasteiger partial charge in [-0.2, -0.15) is 5.26 Å². The Bertz CT molecular complexity index is 673. The van der Waals surface area contributed by atoms with E-state index in [9.17, 15) is 4.79 Å². The Balaban J connectivity index is 1.99. The lowest BCUT2D eigenvalue weighted by atomic mass is 10.2. The van der Waals surface area contributed by atoms with Gasteiger partial charge in [-0.25, -0.2) is 0 Å². The van der Waals surface area contributed by atoms with E-state index in [-0.39, 0.29) is 5.56 Å². The fraction of sp³-hybridized carbons (Fsp3) is 0.143. The van der Waals surface area contributed by atoms with Crippen LogP contribution in [0.5, 0.6) is 0 Å². The number of hydrogen-bond acceptors (Lipinski definition) is 3. The third-order valence-electron chi connectivity index (χ3n) is 2.67. The smallest absolute Gasteiger partial charge is 0.250 e. The summed E-state index contributed by atoms with van der Waals surface area (Å²) in [6.45, 7) is 1.22. The van der Waals surface area contributed by atoms with Gasteiger partial charge in [-0.15, -0.1) is 0 Å². The molecule has 0 aliphatic heterocycles. The molecule has 5 heteroatoms. The fourth-order valence-electron chi connectivity index (χ4n) is 1.68. The van der Waals surface area contributed by atoms with Crippen LogP contribution >= 0.6 is 15.9 Å². The first-order valence-electron chi connectivity index (χ1n) is 5.80. The van der Waals surface area contributed by atoms with Crippen molar-refractivity contribution in [2.24, 2.45) is 0 Å². The molecule has 2 aromatic rings. The van der Waals surface area contributed by atoms with Crippen molar-refractivity contribution >= 4 is 21.6 Å². The van der Waals surface area contributed by atoms with Crippen LogP contribution in [0.25, 0.3) is 0 Å². The average Bonchev–Trinajstić information content (AvgIpc) is 2.42. The van der Waals surface area contributed by atoms with Crippen molar-refractivity contribution in [1.82, 2.24) is 4.57 Å². The highest BCUT2D eigenvalue weighted by molar-refractivity contribution is 9.10. The number of rotatable bonds is 4. The van der Waals surface area contributed by atoms with Crippen LogP contribution in [0.4, 0.5) is 5.69 Å². The van der Waals surface area contributed by atoms with E-state index in [1.165, 1.54) is 6.07 Å². The second-order valence-electron chi connectivity index (χ2n) is 3.97. The second-order valence-corrected chi connectivity index (χ2v) is 4.82. The van der Waals surface area contributed by atoms with Gasteiger partial charge in [0.05, 0.1) is 11.6 Å². The molecule has 1 heterocycles. The van der Waals surface area contributed by atoms with E-state index in [0.29, 0.717) is 18.7 Å². The number of nitrogens with zero attached hydrogens (tertiary/aromatic N) is 2. The summed E-state index contributed by atoms with van der Waals surface area (Å²) in [5.74, 6) is 0. The van der Waals surface area contributed by atoms with Crippen molar-refractivity contribution in [2.75, 3.05) is 11.9 Å². The summed E-state index contributed by atoms with van der Waals surface area (Å²) in [7, 11) is 0. The van der Waals surface area contributed by atoms with Crippen LogP contribution in [0.15, 0.2) is 51.9 Å². The van der Waals surface area contributed by atoms with E-state index in [0.717, 1.165) is 10.2 Å². The molecule has 0 atom stereocenters. The predicted octanol–water partition coefficient (Wildman–Crippen LogP) is 2.59. The highest BCUT2D eigenvalue weighted by atomic mass is 79.9. The summed E-state index contributed by atoms with van der Waals surface area (Å²) >= 11 is 3.41. The first-order chi connectivity index (χ1) is 9.20. The summed E-state index contributed by atoms with van der Waals surface area (Å²) in [6, 6.07) is 12.5. The van der Waals surface area contributed by atoms with Gasteiger partial charge in [0, 0.05) is 35.5 Å². The van der Waals surface area contributed by atoms with Gasteiger partial charge in [-0.3, -0.25) is 4.79 Å². The van der Waals surface area contributed by atoms with Crippen LogP contribution in [0.1, 0.15) is 5.56 Å². The summed E-state index contributed by atoms with van der Waals surface area (Å²) in [5, 5.41) is 12.0. The SMILES string of the molecule is N#Cc1ccc(NCCn2ccccc2=O)c(Br)c1. The molecule has 0 bridgehead atoms. The van der Waals surface area contributed by atoms with E-state index in [1.807, 2.05) is 12.1 Å². The molecule has 4 nitrogen and oxygen atoms in total. The molecule has 0 saturated carbocycles. The zero-order valence-corrected chi connectivity index (χ0v) is 11.7. The highest BCUT2D eigenvalue weighted by Crippen LogP contribution is 2.23. The zero-order valence-electron chi connectivity index (χ0n) is 10.1. The molecular formula is C14H12BrN3O. The van der Waals surface area contributed by atoms with E-state index < -0.39 is 0 Å². The zero-order chi connectivity index (χ0) is 13.7. The number of anilines is 1. The number of nitriles is 1. The fourth-order valence-corrected chi connectivity index (χ4v) is 2.20. The molecule has 0 radical (unpaired) electrons. The third kappa shape index (κ3) is 3.46. The van der Waals surface area contributed by atoms with Crippen LogP contribution in [-0.2, 0) is 6.54 Å². The maximum atomic E-state index is 11.5. The van der Waals surface area contributed by atoms with Gasteiger partial charge >= 0.3 is 0 Å². The molecular weight excluding hydrogens is 306 g/mol. The molecule has 19 heavy (non-hydrogen) atoms. The minimum atomic E-state index is -0.0109. The largest absolute Gasteiger partial charge is 0.382 e. The Morgan fingerprint density at radius 3 is 2.84 bits per heavy atom. The Morgan fingerprint density at radius 1 is 1.32 bits per heavy atom. The molecule has 96 valence electrons. The van der Waals surface area contributed by atoms with Gasteiger partial charge in [0.2, 0.25) is 0 Å². The molecule has 1 N–H and O–H groups in total. The quantitative estimate of drug-likeness (QED) is 0.943. The van der Waals surface area contributed by atoms with Crippen LogP contribution in [0.3, 0.4) is 0 Å². The number of pyridine rings is 1. The molecule has 2 rings (SSSR count). The summed E-state index contributed by atoms with van der Waals surface area (Å²) < 4.78 is 2.48. The van der Waals surface area contributed by atoms with Gasteiger partial charge in [-0.1, -0.05) is 6.07 Å². The number of benzene rings is 1. The van der Waals surface area contributed by atoms with Crippen LogP contribution in [0.2, 0.25) is 0 Å². The summed E-state index contributed by atoms with van der Waals surface area (Å²) in [4.78, 5) is 11.5. The van der Waals surface area contributed by atoms with E-state index >= 15 is 0 Å². The van der Waals surface area contributed by atoms with Crippen molar-refractivity contribution in [2.45, 2.75) is 6.54 Å². The molecule has 0 fully saturated rings. The van der Waals surface area contributed by atoms with Gasteiger partial charge in [-0.05, 0) is 40.2 Å². The molecule has 0 saturated heterocycles. The summed E-state index contributed by atoms with van der Waals surface area (Å²) in [5.41, 5.74) is 1.50. The van der Waals surface area contributed by atoms with E-state index in [1.54, 1.807) is 29.0 Å². The molecule has 1 aromatic heterocycles. The lowest BCUT2D eigenvalue weighted by Gasteiger charge is -2.10. The van der Waals surface area contributed by atoms with Crippen molar-refractivity contribution in [3.63, 3.8) is 0 Å². The number of nitrogens with one attached hydrogen (secondary N) is 1. The van der Waals surface area contributed by atoms with E-state index in [4.69, 9.17) is 5.26 Å². The topological polar surface area (TPSA) is 57.8 Å². The van der Waals surface area contributed by atoms with Crippen molar-refractivity contribution in [3.8, 4) is 6.07 Å². The van der Waals surface area contributed by atoms with Gasteiger partial charge in [0.15, 0.2) is 0 Å². The minimum absolute atomic E-state index is 0.0109. The third-order valence-corrected chi connectivity index (χ3v) is 3.32. The van der Waals surface area contributed by atoms with Crippen molar-refractivity contribution < 1.29 is 0 Å². The number of aromatic nitrogens is 1. The van der Waals surface area contributed by atoms with E-state index in [2.05, 4.69) is 27.3 Å². The predicted molar refractivity (Wildman–Crippen MR) is 78.0 cm³/mol. The minimum Gasteiger partial charge on any atom is -0.382 e. The Hall–Kier alpha value is -2.06. The number of hydrogen-bond donors (Lipinski definition) is 1. The van der Waals surface area contributed by atoms with Gasteiger partial charge in [0.25, 0.3) is 5.56 Å². The first-order valence-corrected chi connectivity index (χ1v) is 6.59. The van der Waals surface area contributed by atoms with Gasteiger partial charge in [0.1, 0.15) is 0 Å². The van der Waals surface area contributed by atoms with Crippen LogP contribution < -0.4 is 10.9 Å². The molecule has 0 aliphatic rings. The molecule has 0 spiro atoms. The molecule has 0 aliphatic carbocycles. The van der Waals surface area contributed by atoms with Crippen molar-refractivity contribution in [3.05, 3.63) is 63.0 Å². The lowest BCUT2D eigenvalue weighted by molar-refractivity contribution is 0.697. The maximum absolute atomic E-state index is 11.5. The lowest BCUT2D eigenvalue weighted by Crippen LogP contribution is -2.22. The number of halogens is 1. The molecule has 1 aromatic carbocycles. The maximum Gasteiger partial charge on any atom is 0.250 e. The Kier molecular flexibility index (Phi) is 4.37. The molecule has 0 unspecified atom stereocenters. The monoisotopic (exact) mass is 317 g/mol. The Labute approximate surface area is 119 Å². The standard InChI is InChI=1S/C14H12BrN3O/c15-12-9-11(10-16)4-5-13(12)17-6-8-18-7-2-1-3-14(18)19/h1-5,7,9,17H,6,8H2.